The Hall–Kier alpha value is -1.75. The molecule has 0 bridgehead atoms. The van der Waals surface area contributed by atoms with Gasteiger partial charge in [0.15, 0.2) is 11.5 Å². The molecule has 0 saturated heterocycles. The summed E-state index contributed by atoms with van der Waals surface area (Å²) in [5.41, 5.74) is 2.64. The standard InChI is InChI=1S/C22H36O5/c1-5-9-12-16-17(13-10-6-2)19(22(25)27-26-15-8-4)21(24)20(23)18(16)14-11-7-3/h23-24H,5-15H2,1-4H3. The molecule has 0 aliphatic heterocycles. The van der Waals surface area contributed by atoms with Crippen LogP contribution in [0.3, 0.4) is 0 Å². The highest BCUT2D eigenvalue weighted by molar-refractivity contribution is 5.95. The van der Waals surface area contributed by atoms with Crippen molar-refractivity contribution in [3.05, 3.63) is 22.3 Å². The average molecular weight is 381 g/mol. The summed E-state index contributed by atoms with van der Waals surface area (Å²) in [4.78, 5) is 22.4. The number of unbranched alkanes of at least 4 members (excludes halogenated alkanes) is 3. The molecule has 0 saturated carbocycles. The van der Waals surface area contributed by atoms with Gasteiger partial charge < -0.3 is 10.2 Å². The summed E-state index contributed by atoms with van der Waals surface area (Å²) < 4.78 is 0. The minimum Gasteiger partial charge on any atom is -0.504 e. The van der Waals surface area contributed by atoms with Gasteiger partial charge in [0.2, 0.25) is 0 Å². The third-order valence-electron chi connectivity index (χ3n) is 4.74. The molecule has 1 aromatic rings. The lowest BCUT2D eigenvalue weighted by Crippen LogP contribution is -2.14. The fourth-order valence-corrected chi connectivity index (χ4v) is 3.23. The Bertz CT molecular complexity index is 595. The lowest BCUT2D eigenvalue weighted by Gasteiger charge is -2.21. The second-order valence-corrected chi connectivity index (χ2v) is 7.01. The Morgan fingerprint density at radius 1 is 0.741 bits per heavy atom. The lowest BCUT2D eigenvalue weighted by molar-refractivity contribution is -0.240. The first kappa shape index (κ1) is 23.3. The molecule has 1 aromatic carbocycles. The number of carbonyl (C=O) groups excluding carboxylic acids is 1. The van der Waals surface area contributed by atoms with Crippen LogP contribution in [0.5, 0.6) is 11.5 Å². The molecule has 0 spiro atoms. The number of phenols is 2. The first-order chi connectivity index (χ1) is 13.0. The molecule has 2 N–H and O–H groups in total. The summed E-state index contributed by atoms with van der Waals surface area (Å²) >= 11 is 0. The van der Waals surface area contributed by atoms with Gasteiger partial charge in [-0.05, 0) is 56.1 Å². The van der Waals surface area contributed by atoms with Crippen LogP contribution in [0.1, 0.15) is 99.7 Å². The van der Waals surface area contributed by atoms with E-state index in [2.05, 4.69) is 20.8 Å². The third-order valence-corrected chi connectivity index (χ3v) is 4.74. The van der Waals surface area contributed by atoms with Crippen molar-refractivity contribution in [3.8, 4) is 11.5 Å². The predicted molar refractivity (Wildman–Crippen MR) is 107 cm³/mol. The maximum Gasteiger partial charge on any atom is 0.377 e. The van der Waals surface area contributed by atoms with Crippen LogP contribution in [0.25, 0.3) is 0 Å². The highest BCUT2D eigenvalue weighted by Crippen LogP contribution is 2.41. The summed E-state index contributed by atoms with van der Waals surface area (Å²) in [5.74, 6) is -1.29. The van der Waals surface area contributed by atoms with Crippen molar-refractivity contribution < 1.29 is 24.8 Å². The zero-order chi connectivity index (χ0) is 20.2. The minimum absolute atomic E-state index is 0.0587. The van der Waals surface area contributed by atoms with E-state index in [0.29, 0.717) is 25.9 Å². The van der Waals surface area contributed by atoms with E-state index in [1.807, 2.05) is 6.92 Å². The molecular formula is C22H36O5. The zero-order valence-corrected chi connectivity index (χ0v) is 17.4. The highest BCUT2D eigenvalue weighted by atomic mass is 17.2. The van der Waals surface area contributed by atoms with Crippen molar-refractivity contribution in [2.75, 3.05) is 6.61 Å². The fourth-order valence-electron chi connectivity index (χ4n) is 3.23. The summed E-state index contributed by atoms with van der Waals surface area (Å²) in [7, 11) is 0. The molecule has 0 atom stereocenters. The van der Waals surface area contributed by atoms with Crippen molar-refractivity contribution in [3.63, 3.8) is 0 Å². The maximum absolute atomic E-state index is 12.6. The highest BCUT2D eigenvalue weighted by Gasteiger charge is 2.28. The van der Waals surface area contributed by atoms with E-state index >= 15 is 0 Å². The molecule has 0 fully saturated rings. The van der Waals surface area contributed by atoms with Crippen LogP contribution in [-0.2, 0) is 29.0 Å². The first-order valence-corrected chi connectivity index (χ1v) is 10.4. The number of carbonyl (C=O) groups is 1. The van der Waals surface area contributed by atoms with Gasteiger partial charge in [-0.2, -0.15) is 4.89 Å². The van der Waals surface area contributed by atoms with Crippen LogP contribution in [0.15, 0.2) is 0 Å². The maximum atomic E-state index is 12.6. The smallest absolute Gasteiger partial charge is 0.377 e. The minimum atomic E-state index is -0.734. The topological polar surface area (TPSA) is 76.0 Å². The van der Waals surface area contributed by atoms with Gasteiger partial charge in [-0.1, -0.05) is 47.0 Å². The molecule has 0 unspecified atom stereocenters. The molecule has 27 heavy (non-hydrogen) atoms. The van der Waals surface area contributed by atoms with Crippen molar-refractivity contribution in [1.82, 2.24) is 0 Å². The Morgan fingerprint density at radius 3 is 1.78 bits per heavy atom. The van der Waals surface area contributed by atoms with Gasteiger partial charge in [0.25, 0.3) is 0 Å². The zero-order valence-electron chi connectivity index (χ0n) is 17.4. The molecule has 0 radical (unpaired) electrons. The van der Waals surface area contributed by atoms with Gasteiger partial charge in [-0.3, -0.25) is 4.89 Å². The summed E-state index contributed by atoms with van der Waals surface area (Å²) in [6.45, 7) is 8.50. The van der Waals surface area contributed by atoms with Crippen LogP contribution in [0.4, 0.5) is 0 Å². The van der Waals surface area contributed by atoms with Gasteiger partial charge in [0.05, 0.1) is 6.61 Å². The van der Waals surface area contributed by atoms with Gasteiger partial charge in [0.1, 0.15) is 5.56 Å². The summed E-state index contributed by atoms with van der Waals surface area (Å²) in [6.07, 6.45) is 8.60. The van der Waals surface area contributed by atoms with E-state index in [1.165, 1.54) is 0 Å². The van der Waals surface area contributed by atoms with E-state index in [1.54, 1.807) is 0 Å². The second kappa shape index (κ2) is 12.6. The Labute approximate surface area is 163 Å². The van der Waals surface area contributed by atoms with E-state index in [9.17, 15) is 15.0 Å². The van der Waals surface area contributed by atoms with Gasteiger partial charge >= 0.3 is 5.97 Å². The normalized spacial score (nSPS) is 11.0. The quantitative estimate of drug-likeness (QED) is 0.201. The molecule has 0 aliphatic carbocycles. The monoisotopic (exact) mass is 380 g/mol. The van der Waals surface area contributed by atoms with E-state index < -0.39 is 5.97 Å². The van der Waals surface area contributed by atoms with Crippen molar-refractivity contribution in [1.29, 1.82) is 0 Å². The number of hydrogen-bond acceptors (Lipinski definition) is 5. The van der Waals surface area contributed by atoms with Crippen molar-refractivity contribution in [2.24, 2.45) is 0 Å². The van der Waals surface area contributed by atoms with Crippen LogP contribution >= 0.6 is 0 Å². The molecule has 5 nitrogen and oxygen atoms in total. The van der Waals surface area contributed by atoms with E-state index in [-0.39, 0.29) is 17.1 Å². The molecule has 0 aliphatic rings. The second-order valence-electron chi connectivity index (χ2n) is 7.01. The Balaban J connectivity index is 3.48. The number of aromatic hydroxyl groups is 2. The first-order valence-electron chi connectivity index (χ1n) is 10.4. The molecule has 5 heteroatoms. The van der Waals surface area contributed by atoms with Crippen LogP contribution in [0.2, 0.25) is 0 Å². The molecule has 0 aromatic heterocycles. The van der Waals surface area contributed by atoms with Gasteiger partial charge in [-0.15, -0.1) is 0 Å². The summed E-state index contributed by atoms with van der Waals surface area (Å²) in [5, 5.41) is 21.3. The van der Waals surface area contributed by atoms with E-state index in [0.717, 1.165) is 61.6 Å². The molecule has 0 amide bonds. The number of rotatable bonds is 13. The molecular weight excluding hydrogens is 344 g/mol. The molecule has 0 heterocycles. The van der Waals surface area contributed by atoms with Crippen LogP contribution < -0.4 is 0 Å². The SMILES string of the molecule is CCCCc1c(O)c(O)c(C(=O)OOCCC)c(CCCC)c1CCCC. The third kappa shape index (κ3) is 6.42. The average Bonchev–Trinajstić information content (AvgIpc) is 2.66. The van der Waals surface area contributed by atoms with Crippen LogP contribution in [0, 0.1) is 0 Å². The van der Waals surface area contributed by atoms with Crippen molar-refractivity contribution in [2.45, 2.75) is 91.9 Å². The van der Waals surface area contributed by atoms with Crippen LogP contribution in [-0.4, -0.2) is 22.8 Å². The lowest BCUT2D eigenvalue weighted by atomic mass is 9.86. The number of benzene rings is 1. The molecule has 154 valence electrons. The van der Waals surface area contributed by atoms with E-state index in [4.69, 9.17) is 9.78 Å². The number of hydrogen-bond donors (Lipinski definition) is 2. The predicted octanol–water partition coefficient (Wildman–Crippen LogP) is 5.62. The summed E-state index contributed by atoms with van der Waals surface area (Å²) in [6, 6.07) is 0. The van der Waals surface area contributed by atoms with Gasteiger partial charge in [0, 0.05) is 5.56 Å². The largest absolute Gasteiger partial charge is 0.504 e. The molecule has 1 rings (SSSR count). The Morgan fingerprint density at radius 2 is 1.26 bits per heavy atom. The fraction of sp³-hybridized carbons (Fsp3) is 0.682. The number of phenolic OH excluding ortho intramolecular Hbond substituents is 2. The van der Waals surface area contributed by atoms with Gasteiger partial charge in [-0.25, -0.2) is 4.79 Å². The van der Waals surface area contributed by atoms with Crippen molar-refractivity contribution >= 4 is 5.97 Å². The Kier molecular flexibility index (Phi) is 10.9.